The van der Waals surface area contributed by atoms with Gasteiger partial charge in [-0.05, 0) is 37.3 Å². The van der Waals surface area contributed by atoms with Crippen molar-refractivity contribution in [2.24, 2.45) is 0 Å². The van der Waals surface area contributed by atoms with Crippen LogP contribution in [0.15, 0.2) is 46.9 Å². The molecule has 2 aromatic carbocycles. The lowest BCUT2D eigenvalue weighted by molar-refractivity contribution is -0.119. The van der Waals surface area contributed by atoms with E-state index in [2.05, 4.69) is 21.2 Å². The highest BCUT2D eigenvalue weighted by Crippen LogP contribution is 2.19. The molecule has 22 heavy (non-hydrogen) atoms. The lowest BCUT2D eigenvalue weighted by Crippen LogP contribution is -2.21. The number of aryl methyl sites for hydroxylation is 1. The van der Waals surface area contributed by atoms with Gasteiger partial charge in [0.2, 0.25) is 0 Å². The zero-order valence-corrected chi connectivity index (χ0v) is 13.4. The summed E-state index contributed by atoms with van der Waals surface area (Å²) in [5, 5.41) is 12.2. The molecule has 0 heterocycles. The van der Waals surface area contributed by atoms with Crippen LogP contribution < -0.4 is 5.32 Å². The van der Waals surface area contributed by atoms with Gasteiger partial charge in [-0.25, -0.2) is 4.79 Å². The second-order valence-electron chi connectivity index (χ2n) is 4.66. The van der Waals surface area contributed by atoms with Crippen molar-refractivity contribution in [3.63, 3.8) is 0 Å². The number of carbonyl (C=O) groups excluding carboxylic acids is 2. The molecule has 2 aromatic rings. The maximum atomic E-state index is 11.9. The van der Waals surface area contributed by atoms with Gasteiger partial charge in [0.25, 0.3) is 5.91 Å². The highest BCUT2D eigenvalue weighted by Gasteiger charge is 2.14. The molecular formula is C16H14BrNO4. The Bertz CT molecular complexity index is 715. The average molecular weight is 364 g/mol. The van der Waals surface area contributed by atoms with Crippen molar-refractivity contribution in [2.45, 2.75) is 6.92 Å². The van der Waals surface area contributed by atoms with Crippen molar-refractivity contribution >= 4 is 33.5 Å². The molecule has 2 N–H and O–H groups in total. The van der Waals surface area contributed by atoms with Crippen LogP contribution in [0.1, 0.15) is 15.9 Å². The number of anilines is 1. The highest BCUT2D eigenvalue weighted by atomic mass is 79.9. The summed E-state index contributed by atoms with van der Waals surface area (Å²) < 4.78 is 5.73. The van der Waals surface area contributed by atoms with Gasteiger partial charge in [-0.2, -0.15) is 0 Å². The molecule has 2 rings (SSSR count). The molecule has 0 saturated heterocycles. The van der Waals surface area contributed by atoms with Gasteiger partial charge in [0.15, 0.2) is 6.61 Å². The van der Waals surface area contributed by atoms with E-state index >= 15 is 0 Å². The first kappa shape index (κ1) is 16.0. The molecule has 5 nitrogen and oxygen atoms in total. The Morgan fingerprint density at radius 3 is 2.73 bits per heavy atom. The van der Waals surface area contributed by atoms with E-state index in [1.54, 1.807) is 31.2 Å². The molecule has 0 spiro atoms. The maximum absolute atomic E-state index is 11.9. The SMILES string of the molecule is Cc1ccc(O)c(C(=O)OCC(=O)Nc2cccc(Br)c2)c1. The van der Waals surface area contributed by atoms with E-state index in [0.717, 1.165) is 10.0 Å². The van der Waals surface area contributed by atoms with Crippen LogP contribution in [0.5, 0.6) is 5.75 Å². The van der Waals surface area contributed by atoms with E-state index in [1.165, 1.54) is 12.1 Å². The number of nitrogens with one attached hydrogen (secondary N) is 1. The summed E-state index contributed by atoms with van der Waals surface area (Å²) in [6.45, 7) is 1.36. The predicted octanol–water partition coefficient (Wildman–Crippen LogP) is 3.26. The molecule has 0 aliphatic rings. The third-order valence-electron chi connectivity index (χ3n) is 2.81. The van der Waals surface area contributed by atoms with Gasteiger partial charge in [0.1, 0.15) is 11.3 Å². The molecule has 114 valence electrons. The molecule has 0 aromatic heterocycles. The number of amides is 1. The quantitative estimate of drug-likeness (QED) is 0.817. The number of hydrogen-bond donors (Lipinski definition) is 2. The Balaban J connectivity index is 1.93. The molecule has 0 aliphatic carbocycles. The average Bonchev–Trinajstić information content (AvgIpc) is 2.47. The minimum atomic E-state index is -0.745. The zero-order valence-electron chi connectivity index (χ0n) is 11.8. The summed E-state index contributed by atoms with van der Waals surface area (Å²) in [5.41, 5.74) is 1.44. The van der Waals surface area contributed by atoms with Crippen LogP contribution in [0.2, 0.25) is 0 Å². The van der Waals surface area contributed by atoms with Crippen molar-refractivity contribution < 1.29 is 19.4 Å². The molecular weight excluding hydrogens is 350 g/mol. The van der Waals surface area contributed by atoms with Gasteiger partial charge in [0.05, 0.1) is 0 Å². The fraction of sp³-hybridized carbons (Fsp3) is 0.125. The maximum Gasteiger partial charge on any atom is 0.342 e. The van der Waals surface area contributed by atoms with E-state index in [0.29, 0.717) is 5.69 Å². The normalized spacial score (nSPS) is 10.1. The number of carbonyl (C=O) groups is 2. The van der Waals surface area contributed by atoms with Crippen LogP contribution in [-0.4, -0.2) is 23.6 Å². The summed E-state index contributed by atoms with van der Waals surface area (Å²) in [5.74, 6) is -1.38. The molecule has 0 radical (unpaired) electrons. The summed E-state index contributed by atoms with van der Waals surface area (Å²) in [6.07, 6.45) is 0. The van der Waals surface area contributed by atoms with Gasteiger partial charge in [-0.3, -0.25) is 4.79 Å². The van der Waals surface area contributed by atoms with Crippen LogP contribution in [0.4, 0.5) is 5.69 Å². The van der Waals surface area contributed by atoms with Crippen molar-refractivity contribution in [1.82, 2.24) is 0 Å². The molecule has 6 heteroatoms. The van der Waals surface area contributed by atoms with Crippen molar-refractivity contribution in [3.05, 3.63) is 58.1 Å². The number of esters is 1. The molecule has 0 fully saturated rings. The first-order chi connectivity index (χ1) is 10.5. The monoisotopic (exact) mass is 363 g/mol. The number of phenolic OH excluding ortho intramolecular Hbond substituents is 1. The summed E-state index contributed by atoms with van der Waals surface area (Å²) in [6, 6.07) is 11.6. The number of phenols is 1. The van der Waals surface area contributed by atoms with Crippen molar-refractivity contribution in [2.75, 3.05) is 11.9 Å². The lowest BCUT2D eigenvalue weighted by Gasteiger charge is -2.08. The molecule has 0 aliphatic heterocycles. The zero-order chi connectivity index (χ0) is 16.1. The van der Waals surface area contributed by atoms with Gasteiger partial charge in [-0.1, -0.05) is 33.6 Å². The Morgan fingerprint density at radius 2 is 2.00 bits per heavy atom. The Hall–Kier alpha value is -2.34. The van der Waals surface area contributed by atoms with Crippen molar-refractivity contribution in [3.8, 4) is 5.75 Å². The summed E-state index contributed by atoms with van der Waals surface area (Å²) in [4.78, 5) is 23.6. The first-order valence-electron chi connectivity index (χ1n) is 6.48. The van der Waals surface area contributed by atoms with Crippen LogP contribution in [0.3, 0.4) is 0 Å². The lowest BCUT2D eigenvalue weighted by atomic mass is 10.1. The predicted molar refractivity (Wildman–Crippen MR) is 85.9 cm³/mol. The van der Waals surface area contributed by atoms with Crippen LogP contribution in [-0.2, 0) is 9.53 Å². The van der Waals surface area contributed by atoms with Gasteiger partial charge in [0, 0.05) is 10.2 Å². The molecule has 0 bridgehead atoms. The minimum absolute atomic E-state index is 0.0373. The Labute approximate surface area is 136 Å². The Morgan fingerprint density at radius 1 is 1.23 bits per heavy atom. The highest BCUT2D eigenvalue weighted by molar-refractivity contribution is 9.10. The number of rotatable bonds is 4. The van der Waals surface area contributed by atoms with Gasteiger partial charge in [-0.15, -0.1) is 0 Å². The largest absolute Gasteiger partial charge is 0.507 e. The van der Waals surface area contributed by atoms with Gasteiger partial charge >= 0.3 is 5.97 Å². The molecule has 0 unspecified atom stereocenters. The number of benzene rings is 2. The molecule has 0 saturated carbocycles. The number of halogens is 1. The molecule has 0 atom stereocenters. The van der Waals surface area contributed by atoms with E-state index in [1.807, 2.05) is 6.07 Å². The number of aromatic hydroxyl groups is 1. The molecule has 1 amide bonds. The minimum Gasteiger partial charge on any atom is -0.507 e. The second kappa shape index (κ2) is 7.09. The Kier molecular flexibility index (Phi) is 5.16. The van der Waals surface area contributed by atoms with E-state index in [4.69, 9.17) is 4.74 Å². The third-order valence-corrected chi connectivity index (χ3v) is 3.31. The second-order valence-corrected chi connectivity index (χ2v) is 5.57. The van der Waals surface area contributed by atoms with E-state index in [9.17, 15) is 14.7 Å². The smallest absolute Gasteiger partial charge is 0.342 e. The summed E-state index contributed by atoms with van der Waals surface area (Å²) >= 11 is 3.30. The number of ether oxygens (including phenoxy) is 1. The van der Waals surface area contributed by atoms with Gasteiger partial charge < -0.3 is 15.2 Å². The fourth-order valence-corrected chi connectivity index (χ4v) is 2.18. The van der Waals surface area contributed by atoms with Crippen LogP contribution in [0, 0.1) is 6.92 Å². The first-order valence-corrected chi connectivity index (χ1v) is 7.27. The topological polar surface area (TPSA) is 75.6 Å². The fourth-order valence-electron chi connectivity index (χ4n) is 1.79. The standard InChI is InChI=1S/C16H14BrNO4/c1-10-5-6-14(19)13(7-10)16(21)22-9-15(20)18-12-4-2-3-11(17)8-12/h2-8,19H,9H2,1H3,(H,18,20). The number of hydrogen-bond acceptors (Lipinski definition) is 4. The van der Waals surface area contributed by atoms with Crippen molar-refractivity contribution in [1.29, 1.82) is 0 Å². The van der Waals surface area contributed by atoms with Crippen LogP contribution in [0.25, 0.3) is 0 Å². The van der Waals surface area contributed by atoms with E-state index in [-0.39, 0.29) is 11.3 Å². The van der Waals surface area contributed by atoms with E-state index < -0.39 is 18.5 Å². The van der Waals surface area contributed by atoms with Crippen LogP contribution >= 0.6 is 15.9 Å². The summed E-state index contributed by atoms with van der Waals surface area (Å²) in [7, 11) is 0. The third kappa shape index (κ3) is 4.33.